The molecule has 2 aromatic carbocycles. The fourth-order valence-corrected chi connectivity index (χ4v) is 2.70. The quantitative estimate of drug-likeness (QED) is 0.817. The van der Waals surface area contributed by atoms with Crippen LogP contribution in [0.3, 0.4) is 0 Å². The molecule has 0 spiro atoms. The molecule has 0 aliphatic rings. The van der Waals surface area contributed by atoms with Gasteiger partial charge in [-0.3, -0.25) is 0 Å². The molecule has 0 aromatic heterocycles. The monoisotopic (exact) mass is 298 g/mol. The summed E-state index contributed by atoms with van der Waals surface area (Å²) in [6.07, 6.45) is 0. The lowest BCUT2D eigenvalue weighted by Crippen LogP contribution is -2.35. The van der Waals surface area contributed by atoms with Crippen molar-refractivity contribution in [2.24, 2.45) is 0 Å². The molecule has 0 heterocycles. The number of para-hydroxylation sites is 1. The number of thiocarbonyl (C=S) groups is 1. The minimum Gasteiger partial charge on any atom is -0.332 e. The van der Waals surface area contributed by atoms with E-state index in [1.807, 2.05) is 12.1 Å². The third-order valence-electron chi connectivity index (χ3n) is 3.81. The maximum absolute atomic E-state index is 5.62. The highest BCUT2D eigenvalue weighted by Gasteiger charge is 2.13. The topological polar surface area (TPSA) is 15.3 Å². The molecule has 0 atom stereocenters. The van der Waals surface area contributed by atoms with Crippen LogP contribution < -0.4 is 10.2 Å². The number of hydrogen-bond donors (Lipinski definition) is 1. The molecule has 0 amide bonds. The fraction of sp³-hybridized carbons (Fsp3) is 0.278. The van der Waals surface area contributed by atoms with Crippen molar-refractivity contribution in [1.82, 2.24) is 0 Å². The van der Waals surface area contributed by atoms with Crippen LogP contribution in [0.2, 0.25) is 0 Å². The molecule has 0 radical (unpaired) electrons. The van der Waals surface area contributed by atoms with Gasteiger partial charge in [0, 0.05) is 17.9 Å². The van der Waals surface area contributed by atoms with E-state index < -0.39 is 0 Å². The molecule has 0 saturated heterocycles. The van der Waals surface area contributed by atoms with E-state index in [0.717, 1.165) is 23.0 Å². The van der Waals surface area contributed by atoms with Crippen molar-refractivity contribution in [2.45, 2.75) is 27.7 Å². The summed E-state index contributed by atoms with van der Waals surface area (Å²) in [6.45, 7) is 9.29. The number of anilines is 2. The van der Waals surface area contributed by atoms with E-state index in [1.54, 1.807) is 0 Å². The highest BCUT2D eigenvalue weighted by Crippen LogP contribution is 2.22. The SMILES string of the molecule is CCN(C(=S)Nc1cccc(C)c1C)c1ccccc1C. The van der Waals surface area contributed by atoms with Crippen LogP contribution in [0.5, 0.6) is 0 Å². The average Bonchev–Trinajstić information content (AvgIpc) is 2.47. The van der Waals surface area contributed by atoms with Gasteiger partial charge in [-0.2, -0.15) is 0 Å². The molecule has 21 heavy (non-hydrogen) atoms. The molecular formula is C18H22N2S. The van der Waals surface area contributed by atoms with Crippen LogP contribution in [0.25, 0.3) is 0 Å². The molecule has 110 valence electrons. The van der Waals surface area contributed by atoms with Gasteiger partial charge in [0.2, 0.25) is 0 Å². The first-order chi connectivity index (χ1) is 10.0. The Hall–Kier alpha value is -1.87. The first-order valence-electron chi connectivity index (χ1n) is 7.25. The third-order valence-corrected chi connectivity index (χ3v) is 4.14. The zero-order valence-corrected chi connectivity index (χ0v) is 13.9. The Balaban J connectivity index is 2.26. The van der Waals surface area contributed by atoms with Crippen LogP contribution in [0, 0.1) is 20.8 Å². The van der Waals surface area contributed by atoms with Crippen molar-refractivity contribution in [3.05, 3.63) is 59.2 Å². The Morgan fingerprint density at radius 3 is 2.33 bits per heavy atom. The molecule has 2 rings (SSSR count). The van der Waals surface area contributed by atoms with E-state index in [-0.39, 0.29) is 0 Å². The predicted octanol–water partition coefficient (Wildman–Crippen LogP) is 4.84. The molecule has 0 fully saturated rings. The summed E-state index contributed by atoms with van der Waals surface area (Å²) in [5, 5.41) is 4.12. The highest BCUT2D eigenvalue weighted by molar-refractivity contribution is 7.80. The van der Waals surface area contributed by atoms with E-state index in [9.17, 15) is 0 Å². The minimum absolute atomic E-state index is 0.737. The first-order valence-corrected chi connectivity index (χ1v) is 7.65. The van der Waals surface area contributed by atoms with Gasteiger partial charge in [0.25, 0.3) is 0 Å². The Bertz CT molecular complexity index is 649. The predicted molar refractivity (Wildman–Crippen MR) is 96.3 cm³/mol. The molecule has 3 heteroatoms. The lowest BCUT2D eigenvalue weighted by molar-refractivity contribution is 1.06. The van der Waals surface area contributed by atoms with Crippen LogP contribution in [0.4, 0.5) is 11.4 Å². The molecule has 0 aliphatic heterocycles. The van der Waals surface area contributed by atoms with Crippen molar-refractivity contribution >= 4 is 28.7 Å². The van der Waals surface area contributed by atoms with E-state index in [4.69, 9.17) is 12.2 Å². The second-order valence-electron chi connectivity index (χ2n) is 5.21. The van der Waals surface area contributed by atoms with E-state index in [1.165, 1.54) is 16.7 Å². The van der Waals surface area contributed by atoms with Gasteiger partial charge in [-0.1, -0.05) is 30.3 Å². The highest BCUT2D eigenvalue weighted by atomic mass is 32.1. The number of rotatable bonds is 3. The zero-order valence-electron chi connectivity index (χ0n) is 13.1. The Morgan fingerprint density at radius 2 is 1.67 bits per heavy atom. The second kappa shape index (κ2) is 6.72. The fourth-order valence-electron chi connectivity index (χ4n) is 2.36. The lowest BCUT2D eigenvalue weighted by Gasteiger charge is -2.26. The van der Waals surface area contributed by atoms with Gasteiger partial charge in [0.05, 0.1) is 0 Å². The summed E-state index contributed by atoms with van der Waals surface area (Å²) in [5.41, 5.74) is 5.96. The Labute approximate surface area is 132 Å². The number of benzene rings is 2. The maximum atomic E-state index is 5.62. The van der Waals surface area contributed by atoms with E-state index in [2.05, 4.69) is 68.2 Å². The standard InChI is InChI=1S/C18H22N2S/c1-5-20(17-12-7-6-9-14(17)3)18(21)19-16-11-8-10-13(2)15(16)4/h6-12H,5H2,1-4H3,(H,19,21). The van der Waals surface area contributed by atoms with Crippen LogP contribution in [-0.4, -0.2) is 11.7 Å². The number of nitrogens with zero attached hydrogens (tertiary/aromatic N) is 1. The smallest absolute Gasteiger partial charge is 0.177 e. The van der Waals surface area contributed by atoms with Crippen LogP contribution >= 0.6 is 12.2 Å². The van der Waals surface area contributed by atoms with Gasteiger partial charge in [-0.15, -0.1) is 0 Å². The van der Waals surface area contributed by atoms with Gasteiger partial charge in [-0.05, 0) is 68.7 Å². The average molecular weight is 298 g/mol. The van der Waals surface area contributed by atoms with Gasteiger partial charge >= 0.3 is 0 Å². The Morgan fingerprint density at radius 1 is 1.00 bits per heavy atom. The molecule has 2 aromatic rings. The lowest BCUT2D eigenvalue weighted by atomic mass is 10.1. The summed E-state index contributed by atoms with van der Waals surface area (Å²) < 4.78 is 0. The summed E-state index contributed by atoms with van der Waals surface area (Å²) in [7, 11) is 0. The van der Waals surface area contributed by atoms with Crippen molar-refractivity contribution in [2.75, 3.05) is 16.8 Å². The molecular weight excluding hydrogens is 276 g/mol. The number of nitrogens with one attached hydrogen (secondary N) is 1. The van der Waals surface area contributed by atoms with E-state index >= 15 is 0 Å². The normalized spacial score (nSPS) is 10.3. The van der Waals surface area contributed by atoms with Crippen molar-refractivity contribution < 1.29 is 0 Å². The zero-order chi connectivity index (χ0) is 15.4. The molecule has 2 nitrogen and oxygen atoms in total. The first kappa shape index (κ1) is 15.5. The maximum Gasteiger partial charge on any atom is 0.177 e. The van der Waals surface area contributed by atoms with Crippen molar-refractivity contribution in [3.63, 3.8) is 0 Å². The molecule has 0 bridgehead atoms. The van der Waals surface area contributed by atoms with Crippen molar-refractivity contribution in [1.29, 1.82) is 0 Å². The minimum atomic E-state index is 0.737. The van der Waals surface area contributed by atoms with Crippen LogP contribution in [-0.2, 0) is 0 Å². The molecule has 0 unspecified atom stereocenters. The summed E-state index contributed by atoms with van der Waals surface area (Å²) in [5.74, 6) is 0. The second-order valence-corrected chi connectivity index (χ2v) is 5.60. The van der Waals surface area contributed by atoms with Gasteiger partial charge in [-0.25, -0.2) is 0 Å². The summed E-state index contributed by atoms with van der Waals surface area (Å²) in [6, 6.07) is 14.5. The largest absolute Gasteiger partial charge is 0.332 e. The summed E-state index contributed by atoms with van der Waals surface area (Å²) in [4.78, 5) is 2.13. The van der Waals surface area contributed by atoms with Crippen LogP contribution in [0.1, 0.15) is 23.6 Å². The third kappa shape index (κ3) is 3.42. The number of aryl methyl sites for hydroxylation is 2. The van der Waals surface area contributed by atoms with Gasteiger partial charge < -0.3 is 10.2 Å². The molecule has 0 aliphatic carbocycles. The van der Waals surface area contributed by atoms with Gasteiger partial charge in [0.1, 0.15) is 0 Å². The Kier molecular flexibility index (Phi) is 4.97. The molecule has 0 saturated carbocycles. The summed E-state index contributed by atoms with van der Waals surface area (Å²) >= 11 is 5.62. The van der Waals surface area contributed by atoms with Crippen LogP contribution in [0.15, 0.2) is 42.5 Å². The van der Waals surface area contributed by atoms with E-state index in [0.29, 0.717) is 0 Å². The van der Waals surface area contributed by atoms with Crippen molar-refractivity contribution in [3.8, 4) is 0 Å². The molecule has 1 N–H and O–H groups in total. The number of hydrogen-bond acceptors (Lipinski definition) is 1. The van der Waals surface area contributed by atoms with Gasteiger partial charge in [0.15, 0.2) is 5.11 Å².